The molecule has 118 valence electrons. The molecule has 2 heterocycles. The minimum Gasteiger partial charge on any atom is -0.459 e. The van der Waals surface area contributed by atoms with Gasteiger partial charge in [0.2, 0.25) is 5.91 Å². The van der Waals surface area contributed by atoms with E-state index in [2.05, 4.69) is 0 Å². The van der Waals surface area contributed by atoms with E-state index < -0.39 is 6.04 Å². The molecule has 6 heteroatoms. The van der Waals surface area contributed by atoms with Crippen molar-refractivity contribution < 1.29 is 19.4 Å². The van der Waals surface area contributed by atoms with E-state index in [0.29, 0.717) is 12.2 Å². The normalized spacial score (nSPS) is 26.5. The van der Waals surface area contributed by atoms with Gasteiger partial charge in [0.25, 0.3) is 0 Å². The third-order valence-corrected chi connectivity index (χ3v) is 5.43. The standard InChI is InChI=1S/C16H19NO4S/c18-6-7-22-13-8-12-9-14(19)17(12)15(13)16(20)21-10-11-4-2-1-3-5-11/h1-5,12-13,15,18H,6-10H2. The summed E-state index contributed by atoms with van der Waals surface area (Å²) in [6, 6.07) is 9.16. The maximum atomic E-state index is 12.4. The minimum atomic E-state index is -0.508. The van der Waals surface area contributed by atoms with Crippen LogP contribution in [-0.4, -0.2) is 51.6 Å². The zero-order chi connectivity index (χ0) is 15.5. The average molecular weight is 321 g/mol. The Morgan fingerprint density at radius 3 is 2.82 bits per heavy atom. The van der Waals surface area contributed by atoms with E-state index in [1.165, 1.54) is 0 Å². The number of hydrogen-bond donors (Lipinski definition) is 1. The Hall–Kier alpha value is -1.53. The lowest BCUT2D eigenvalue weighted by Gasteiger charge is -2.37. The first-order chi connectivity index (χ1) is 10.7. The van der Waals surface area contributed by atoms with Gasteiger partial charge in [0.15, 0.2) is 0 Å². The molecule has 0 aliphatic carbocycles. The maximum Gasteiger partial charge on any atom is 0.330 e. The van der Waals surface area contributed by atoms with Crippen LogP contribution in [0.1, 0.15) is 18.4 Å². The van der Waals surface area contributed by atoms with Crippen molar-refractivity contribution in [2.45, 2.75) is 36.8 Å². The highest BCUT2D eigenvalue weighted by Crippen LogP contribution is 2.41. The van der Waals surface area contributed by atoms with Crippen molar-refractivity contribution in [2.75, 3.05) is 12.4 Å². The van der Waals surface area contributed by atoms with Gasteiger partial charge < -0.3 is 14.7 Å². The van der Waals surface area contributed by atoms with Crippen molar-refractivity contribution in [1.29, 1.82) is 0 Å². The topological polar surface area (TPSA) is 66.8 Å². The monoisotopic (exact) mass is 321 g/mol. The Morgan fingerprint density at radius 1 is 1.36 bits per heavy atom. The summed E-state index contributed by atoms with van der Waals surface area (Å²) < 4.78 is 5.41. The molecule has 3 atom stereocenters. The number of ether oxygens (including phenoxy) is 1. The van der Waals surface area contributed by atoms with Crippen LogP contribution in [0.3, 0.4) is 0 Å². The van der Waals surface area contributed by atoms with E-state index in [-0.39, 0.29) is 36.4 Å². The number of rotatable bonds is 6. The van der Waals surface area contributed by atoms with Gasteiger partial charge in [-0.2, -0.15) is 11.8 Å². The van der Waals surface area contributed by atoms with Crippen LogP contribution >= 0.6 is 11.8 Å². The SMILES string of the molecule is O=C(OCc1ccccc1)C1C(SCCO)CC2CC(=O)N21. The Morgan fingerprint density at radius 2 is 2.14 bits per heavy atom. The quantitative estimate of drug-likeness (QED) is 0.630. The number of esters is 1. The molecule has 2 aliphatic heterocycles. The van der Waals surface area contributed by atoms with Gasteiger partial charge in [-0.3, -0.25) is 4.79 Å². The number of fused-ring (bicyclic) bond motifs is 1. The van der Waals surface area contributed by atoms with Crippen molar-refractivity contribution in [3.63, 3.8) is 0 Å². The molecule has 1 aromatic rings. The molecule has 0 radical (unpaired) electrons. The molecule has 0 spiro atoms. The molecule has 2 aliphatic rings. The molecular formula is C16H19NO4S. The van der Waals surface area contributed by atoms with Crippen LogP contribution in [-0.2, 0) is 20.9 Å². The van der Waals surface area contributed by atoms with Crippen molar-refractivity contribution in [1.82, 2.24) is 4.90 Å². The summed E-state index contributed by atoms with van der Waals surface area (Å²) in [5.41, 5.74) is 0.930. The third kappa shape index (κ3) is 2.98. The minimum absolute atomic E-state index is 0.0203. The van der Waals surface area contributed by atoms with Gasteiger partial charge in [-0.25, -0.2) is 4.79 Å². The van der Waals surface area contributed by atoms with Crippen molar-refractivity contribution in [3.8, 4) is 0 Å². The molecule has 0 bridgehead atoms. The van der Waals surface area contributed by atoms with Gasteiger partial charge in [0.05, 0.1) is 6.61 Å². The fourth-order valence-electron chi connectivity index (χ4n) is 3.09. The number of carbonyl (C=O) groups excluding carboxylic acids is 2. The molecule has 5 nitrogen and oxygen atoms in total. The second kappa shape index (κ2) is 6.71. The molecule has 0 aromatic heterocycles. The number of nitrogens with zero attached hydrogens (tertiary/aromatic N) is 1. The van der Waals surface area contributed by atoms with Gasteiger partial charge >= 0.3 is 5.97 Å². The highest BCUT2D eigenvalue weighted by atomic mass is 32.2. The van der Waals surface area contributed by atoms with Crippen molar-refractivity contribution >= 4 is 23.6 Å². The van der Waals surface area contributed by atoms with Gasteiger partial charge in [-0.15, -0.1) is 0 Å². The second-order valence-electron chi connectivity index (χ2n) is 5.57. The largest absolute Gasteiger partial charge is 0.459 e. The Bertz CT molecular complexity index is 550. The van der Waals surface area contributed by atoms with E-state index in [1.54, 1.807) is 16.7 Å². The van der Waals surface area contributed by atoms with E-state index in [9.17, 15) is 9.59 Å². The second-order valence-corrected chi connectivity index (χ2v) is 6.91. The van der Waals surface area contributed by atoms with Crippen LogP contribution in [0.5, 0.6) is 0 Å². The Labute approximate surface area is 133 Å². The number of benzene rings is 1. The van der Waals surface area contributed by atoms with Gasteiger partial charge in [-0.05, 0) is 12.0 Å². The van der Waals surface area contributed by atoms with E-state index in [4.69, 9.17) is 9.84 Å². The van der Waals surface area contributed by atoms with Gasteiger partial charge in [0.1, 0.15) is 12.6 Å². The summed E-state index contributed by atoms with van der Waals surface area (Å²) in [4.78, 5) is 25.9. The van der Waals surface area contributed by atoms with E-state index >= 15 is 0 Å². The van der Waals surface area contributed by atoms with Crippen LogP contribution in [0.4, 0.5) is 0 Å². The lowest BCUT2D eigenvalue weighted by molar-refractivity contribution is -0.161. The fraction of sp³-hybridized carbons (Fsp3) is 0.500. The smallest absolute Gasteiger partial charge is 0.330 e. The van der Waals surface area contributed by atoms with E-state index in [1.807, 2.05) is 30.3 Å². The summed E-state index contributed by atoms with van der Waals surface area (Å²) in [6.07, 6.45) is 1.33. The summed E-state index contributed by atoms with van der Waals surface area (Å²) in [5, 5.41) is 9.01. The Balaban J connectivity index is 1.64. The summed E-state index contributed by atoms with van der Waals surface area (Å²) in [5.74, 6) is 0.260. The van der Waals surface area contributed by atoms with Crippen molar-refractivity contribution in [2.24, 2.45) is 0 Å². The Kier molecular flexibility index (Phi) is 4.69. The number of hydrogen-bond acceptors (Lipinski definition) is 5. The predicted octanol–water partition coefficient (Wildman–Crippen LogP) is 1.20. The molecule has 1 N–H and O–H groups in total. The predicted molar refractivity (Wildman–Crippen MR) is 83.2 cm³/mol. The number of β-lactam (4-membered cyclic amide) rings is 1. The maximum absolute atomic E-state index is 12.4. The number of aliphatic hydroxyl groups is 1. The first-order valence-corrected chi connectivity index (χ1v) is 8.49. The molecule has 3 unspecified atom stereocenters. The van der Waals surface area contributed by atoms with Gasteiger partial charge in [-0.1, -0.05) is 30.3 Å². The van der Waals surface area contributed by atoms with Crippen LogP contribution in [0.25, 0.3) is 0 Å². The van der Waals surface area contributed by atoms with Crippen LogP contribution < -0.4 is 0 Å². The molecule has 22 heavy (non-hydrogen) atoms. The third-order valence-electron chi connectivity index (χ3n) is 4.14. The molecule has 0 saturated carbocycles. The number of carbonyl (C=O) groups is 2. The number of aliphatic hydroxyl groups excluding tert-OH is 1. The summed E-state index contributed by atoms with van der Waals surface area (Å²) in [6.45, 7) is 0.297. The highest BCUT2D eigenvalue weighted by molar-refractivity contribution is 8.00. The van der Waals surface area contributed by atoms with Crippen LogP contribution in [0.2, 0.25) is 0 Å². The lowest BCUT2D eigenvalue weighted by atomic mass is 10.0. The zero-order valence-electron chi connectivity index (χ0n) is 12.2. The summed E-state index contributed by atoms with van der Waals surface area (Å²) in [7, 11) is 0. The number of thioether (sulfide) groups is 1. The average Bonchev–Trinajstić information content (AvgIpc) is 2.83. The molecule has 1 amide bonds. The zero-order valence-corrected chi connectivity index (χ0v) is 13.0. The first kappa shape index (κ1) is 15.4. The molecule has 1 aromatic carbocycles. The van der Waals surface area contributed by atoms with Gasteiger partial charge in [0, 0.05) is 23.5 Å². The number of amides is 1. The lowest BCUT2D eigenvalue weighted by Crippen LogP contribution is -2.55. The molecule has 3 rings (SSSR count). The van der Waals surface area contributed by atoms with Crippen molar-refractivity contribution in [3.05, 3.63) is 35.9 Å². The fourth-order valence-corrected chi connectivity index (χ4v) is 4.29. The first-order valence-electron chi connectivity index (χ1n) is 7.45. The van der Waals surface area contributed by atoms with Crippen LogP contribution in [0, 0.1) is 0 Å². The van der Waals surface area contributed by atoms with E-state index in [0.717, 1.165) is 12.0 Å². The molecule has 2 saturated heterocycles. The molecular weight excluding hydrogens is 302 g/mol. The molecule has 2 fully saturated rings. The van der Waals surface area contributed by atoms with Crippen LogP contribution in [0.15, 0.2) is 30.3 Å². The highest BCUT2D eigenvalue weighted by Gasteiger charge is 2.54. The summed E-state index contributed by atoms with van der Waals surface area (Å²) >= 11 is 1.55.